The summed E-state index contributed by atoms with van der Waals surface area (Å²) in [6.07, 6.45) is 1.23. The van der Waals surface area contributed by atoms with Crippen LogP contribution in [0.3, 0.4) is 0 Å². The number of hydrogen-bond acceptors (Lipinski definition) is 5. The molecule has 8 heteroatoms. The van der Waals surface area contributed by atoms with E-state index in [0.717, 1.165) is 11.1 Å². The zero-order valence-electron chi connectivity index (χ0n) is 14.6. The topological polar surface area (TPSA) is 84.9 Å². The first-order chi connectivity index (χ1) is 11.8. The van der Waals surface area contributed by atoms with E-state index in [-0.39, 0.29) is 17.3 Å². The van der Waals surface area contributed by atoms with Crippen molar-refractivity contribution in [3.05, 3.63) is 29.3 Å². The second-order valence-electron chi connectivity index (χ2n) is 6.56. The molecule has 0 aliphatic carbocycles. The first kappa shape index (κ1) is 18.3. The Morgan fingerprint density at radius 1 is 1.16 bits per heavy atom. The number of nitrogens with zero attached hydrogens (tertiary/aromatic N) is 1. The lowest BCUT2D eigenvalue weighted by molar-refractivity contribution is -0.187. The lowest BCUT2D eigenvalue weighted by atomic mass is 10.0. The molecular weight excluding hydrogens is 344 g/mol. The monoisotopic (exact) mass is 368 g/mol. The van der Waals surface area contributed by atoms with Crippen LogP contribution in [0, 0.1) is 13.8 Å². The Hall–Kier alpha value is -1.48. The number of carbonyl (C=O) groups excluding carboxylic acids is 1. The van der Waals surface area contributed by atoms with Crippen molar-refractivity contribution in [1.29, 1.82) is 0 Å². The number of hydrogen-bond donors (Lipinski definition) is 1. The van der Waals surface area contributed by atoms with Gasteiger partial charge in [-0.3, -0.25) is 4.79 Å². The van der Waals surface area contributed by atoms with Crippen molar-refractivity contribution < 1.29 is 22.7 Å². The van der Waals surface area contributed by atoms with Crippen LogP contribution in [-0.4, -0.2) is 57.9 Å². The second-order valence-corrected chi connectivity index (χ2v) is 8.33. The molecule has 138 valence electrons. The zero-order chi connectivity index (χ0) is 18.1. The molecule has 2 aliphatic heterocycles. The minimum absolute atomic E-state index is 0.175. The Balaban J connectivity index is 1.55. The lowest BCUT2D eigenvalue weighted by Gasteiger charge is -2.37. The highest BCUT2D eigenvalue weighted by molar-refractivity contribution is 7.89. The van der Waals surface area contributed by atoms with Gasteiger partial charge in [-0.25, -0.2) is 13.1 Å². The van der Waals surface area contributed by atoms with Gasteiger partial charge in [0.15, 0.2) is 5.79 Å². The summed E-state index contributed by atoms with van der Waals surface area (Å²) in [5.74, 6) is -0.782. The number of amides is 1. The number of carbonyl (C=O) groups is 1. The van der Waals surface area contributed by atoms with Gasteiger partial charge in [0.2, 0.25) is 15.9 Å². The quantitative estimate of drug-likeness (QED) is 0.855. The molecule has 2 fully saturated rings. The molecule has 7 nitrogen and oxygen atoms in total. The Morgan fingerprint density at radius 3 is 2.40 bits per heavy atom. The van der Waals surface area contributed by atoms with Gasteiger partial charge in [0, 0.05) is 25.9 Å². The first-order valence-corrected chi connectivity index (χ1v) is 9.92. The molecule has 1 aromatic carbocycles. The van der Waals surface area contributed by atoms with E-state index in [4.69, 9.17) is 9.47 Å². The van der Waals surface area contributed by atoms with Crippen molar-refractivity contribution in [2.45, 2.75) is 37.4 Å². The number of likely N-dealkylation sites (tertiary alicyclic amines) is 1. The molecule has 2 heterocycles. The summed E-state index contributed by atoms with van der Waals surface area (Å²) in [6.45, 7) is 5.71. The van der Waals surface area contributed by atoms with Crippen molar-refractivity contribution >= 4 is 15.9 Å². The van der Waals surface area contributed by atoms with E-state index in [0.29, 0.717) is 39.1 Å². The van der Waals surface area contributed by atoms with Crippen LogP contribution in [-0.2, 0) is 24.3 Å². The molecule has 1 aromatic rings. The van der Waals surface area contributed by atoms with Crippen molar-refractivity contribution in [2.75, 3.05) is 32.8 Å². The van der Waals surface area contributed by atoms with Crippen molar-refractivity contribution in [3.8, 4) is 0 Å². The van der Waals surface area contributed by atoms with E-state index in [2.05, 4.69) is 4.72 Å². The molecule has 1 N–H and O–H groups in total. The second kappa shape index (κ2) is 7.03. The average molecular weight is 368 g/mol. The van der Waals surface area contributed by atoms with E-state index in [1.54, 1.807) is 23.1 Å². The van der Waals surface area contributed by atoms with E-state index in [1.165, 1.54) is 0 Å². The van der Waals surface area contributed by atoms with E-state index < -0.39 is 15.8 Å². The van der Waals surface area contributed by atoms with Crippen LogP contribution in [0.25, 0.3) is 0 Å². The molecule has 3 rings (SSSR count). The van der Waals surface area contributed by atoms with Crippen LogP contribution in [0.15, 0.2) is 23.1 Å². The SMILES string of the molecule is Cc1ccc(S(=O)(=O)NCC(=O)N2CCC3(CC2)OCCO3)cc1C. The number of piperidine rings is 1. The predicted molar refractivity (Wildman–Crippen MR) is 91.6 cm³/mol. The predicted octanol–water partition coefficient (Wildman–Crippen LogP) is 0.947. The van der Waals surface area contributed by atoms with E-state index >= 15 is 0 Å². The van der Waals surface area contributed by atoms with Gasteiger partial charge in [-0.1, -0.05) is 6.07 Å². The van der Waals surface area contributed by atoms with Crippen LogP contribution < -0.4 is 4.72 Å². The van der Waals surface area contributed by atoms with Crippen molar-refractivity contribution in [3.63, 3.8) is 0 Å². The van der Waals surface area contributed by atoms with Gasteiger partial charge in [-0.2, -0.15) is 0 Å². The number of benzene rings is 1. The summed E-state index contributed by atoms with van der Waals surface area (Å²) in [7, 11) is -3.70. The Morgan fingerprint density at radius 2 is 1.80 bits per heavy atom. The highest BCUT2D eigenvalue weighted by Gasteiger charge is 2.40. The third-order valence-electron chi connectivity index (χ3n) is 4.89. The fraction of sp³-hybridized carbons (Fsp3) is 0.588. The Labute approximate surface area is 148 Å². The lowest BCUT2D eigenvalue weighted by Crippen LogP contribution is -2.49. The fourth-order valence-corrected chi connectivity index (χ4v) is 4.17. The van der Waals surface area contributed by atoms with Crippen molar-refractivity contribution in [1.82, 2.24) is 9.62 Å². The van der Waals surface area contributed by atoms with Gasteiger partial charge in [0.05, 0.1) is 24.7 Å². The molecule has 25 heavy (non-hydrogen) atoms. The summed E-state index contributed by atoms with van der Waals surface area (Å²) in [5, 5.41) is 0. The molecular formula is C17H24N2O5S. The number of rotatable bonds is 4. The maximum Gasteiger partial charge on any atom is 0.241 e. The third-order valence-corrected chi connectivity index (χ3v) is 6.29. The maximum absolute atomic E-state index is 12.4. The van der Waals surface area contributed by atoms with Gasteiger partial charge in [-0.05, 0) is 37.1 Å². The average Bonchev–Trinajstić information content (AvgIpc) is 3.04. The molecule has 1 amide bonds. The van der Waals surface area contributed by atoms with Gasteiger partial charge < -0.3 is 14.4 Å². The first-order valence-electron chi connectivity index (χ1n) is 8.44. The Bertz CT molecular complexity index is 746. The molecule has 0 bridgehead atoms. The minimum atomic E-state index is -3.70. The summed E-state index contributed by atoms with van der Waals surface area (Å²) >= 11 is 0. The number of aryl methyl sites for hydroxylation is 2. The largest absolute Gasteiger partial charge is 0.347 e. The smallest absolute Gasteiger partial charge is 0.241 e. The van der Waals surface area contributed by atoms with Crippen molar-refractivity contribution in [2.24, 2.45) is 0 Å². The van der Waals surface area contributed by atoms with Gasteiger partial charge in [0.25, 0.3) is 0 Å². The summed E-state index contributed by atoms with van der Waals surface area (Å²) in [4.78, 5) is 14.1. The normalized spacial score (nSPS) is 20.2. The summed E-state index contributed by atoms with van der Waals surface area (Å²) in [6, 6.07) is 4.92. The standard InChI is InChI=1S/C17H24N2O5S/c1-13-3-4-15(11-14(13)2)25(21,22)18-12-16(20)19-7-5-17(6-8-19)23-9-10-24-17/h3-4,11,18H,5-10,12H2,1-2H3. The highest BCUT2D eigenvalue weighted by atomic mass is 32.2. The van der Waals surface area contributed by atoms with E-state index in [9.17, 15) is 13.2 Å². The number of ether oxygens (including phenoxy) is 2. The highest BCUT2D eigenvalue weighted by Crippen LogP contribution is 2.31. The molecule has 0 saturated carbocycles. The van der Waals surface area contributed by atoms with Crippen LogP contribution in [0.1, 0.15) is 24.0 Å². The van der Waals surface area contributed by atoms with Crippen LogP contribution in [0.5, 0.6) is 0 Å². The summed E-state index contributed by atoms with van der Waals surface area (Å²) in [5.41, 5.74) is 1.92. The Kier molecular flexibility index (Phi) is 5.15. The third kappa shape index (κ3) is 4.03. The number of sulfonamides is 1. The molecule has 2 aliphatic rings. The fourth-order valence-electron chi connectivity index (χ4n) is 3.12. The molecule has 0 atom stereocenters. The van der Waals surface area contributed by atoms with Gasteiger partial charge in [0.1, 0.15) is 0 Å². The van der Waals surface area contributed by atoms with Gasteiger partial charge >= 0.3 is 0 Å². The van der Waals surface area contributed by atoms with Gasteiger partial charge in [-0.15, -0.1) is 0 Å². The molecule has 1 spiro atoms. The van der Waals surface area contributed by atoms with Crippen LogP contribution >= 0.6 is 0 Å². The van der Waals surface area contributed by atoms with Crippen LogP contribution in [0.2, 0.25) is 0 Å². The summed E-state index contributed by atoms with van der Waals surface area (Å²) < 4.78 is 38.4. The molecule has 0 radical (unpaired) electrons. The van der Waals surface area contributed by atoms with E-state index in [1.807, 2.05) is 13.8 Å². The minimum Gasteiger partial charge on any atom is -0.347 e. The zero-order valence-corrected chi connectivity index (χ0v) is 15.4. The maximum atomic E-state index is 12.4. The molecule has 0 aromatic heterocycles. The van der Waals surface area contributed by atoms with Crippen LogP contribution in [0.4, 0.5) is 0 Å². The molecule has 2 saturated heterocycles. The number of nitrogens with one attached hydrogen (secondary N) is 1. The molecule has 0 unspecified atom stereocenters.